The van der Waals surface area contributed by atoms with Gasteiger partial charge in [-0.2, -0.15) is 26.3 Å². The number of rotatable bonds is 4. The molecule has 0 spiro atoms. The molecule has 0 rings (SSSR count). The van der Waals surface area contributed by atoms with Crippen LogP contribution in [0.2, 0.25) is 0 Å². The zero-order valence-corrected chi connectivity index (χ0v) is 15.2. The predicted molar refractivity (Wildman–Crippen MR) is 76.5 cm³/mol. The van der Waals surface area contributed by atoms with Crippen molar-refractivity contribution < 1.29 is 44.8 Å². The van der Waals surface area contributed by atoms with Crippen molar-refractivity contribution >= 4 is 7.82 Å². The molecule has 0 radical (unpaired) electrons. The van der Waals surface area contributed by atoms with Crippen LogP contribution in [-0.2, 0) is 13.6 Å². The number of alkyl halides is 6. The monoisotopic (exact) mass is 391 g/mol. The Morgan fingerprint density at radius 3 is 1.17 bits per heavy atom. The summed E-state index contributed by atoms with van der Waals surface area (Å²) in [4.78, 5) is 8.35. The molecule has 0 bridgehead atoms. The van der Waals surface area contributed by atoms with E-state index in [-0.39, 0.29) is 11.1 Å². The van der Waals surface area contributed by atoms with E-state index in [1.54, 1.807) is 0 Å². The molecule has 0 unspecified atom stereocenters. The fraction of sp³-hybridized carbons (Fsp3) is 1.00. The molecule has 0 aromatic carbocycles. The van der Waals surface area contributed by atoms with E-state index in [1.165, 1.54) is 0 Å². The van der Waals surface area contributed by atoms with E-state index in [0.29, 0.717) is 0 Å². The van der Waals surface area contributed by atoms with E-state index in [0.717, 1.165) is 0 Å². The highest BCUT2D eigenvalue weighted by Crippen LogP contribution is 2.45. The maximum absolute atomic E-state index is 11.4. The van der Waals surface area contributed by atoms with Gasteiger partial charge in [0.15, 0.2) is 13.2 Å². The lowest BCUT2D eigenvalue weighted by Gasteiger charge is -2.31. The highest BCUT2D eigenvalue weighted by molar-refractivity contribution is 7.47. The molecule has 5 nitrogen and oxygen atoms in total. The first kappa shape index (κ1) is 25.9. The maximum atomic E-state index is 11.4. The van der Waals surface area contributed by atoms with Crippen LogP contribution in [0.15, 0.2) is 0 Å². The van der Waals surface area contributed by atoms with Crippen LogP contribution < -0.4 is 5.32 Å². The van der Waals surface area contributed by atoms with Crippen molar-refractivity contribution in [3.05, 3.63) is 0 Å². The Labute approximate surface area is 137 Å². The Kier molecular flexibility index (Phi) is 9.54. The Morgan fingerprint density at radius 2 is 1.04 bits per heavy atom. The van der Waals surface area contributed by atoms with Gasteiger partial charge in [0.05, 0.1) is 0 Å². The van der Waals surface area contributed by atoms with Gasteiger partial charge in [-0.1, -0.05) is 0 Å². The Morgan fingerprint density at radius 1 is 0.792 bits per heavy atom. The van der Waals surface area contributed by atoms with Gasteiger partial charge in [-0.3, -0.25) is 9.05 Å². The number of hydrogen-bond donors (Lipinski definition) is 2. The number of phosphoric acid groups is 1. The van der Waals surface area contributed by atoms with Crippen LogP contribution in [0.5, 0.6) is 0 Å². The van der Waals surface area contributed by atoms with Crippen LogP contribution in [0.1, 0.15) is 41.5 Å². The first-order valence-corrected chi connectivity index (χ1v) is 8.16. The van der Waals surface area contributed by atoms with Crippen LogP contribution in [0.3, 0.4) is 0 Å². The van der Waals surface area contributed by atoms with E-state index in [9.17, 15) is 30.9 Å². The normalized spacial score (nSPS) is 14.2. The summed E-state index contributed by atoms with van der Waals surface area (Å²) in [5, 5.41) is 3.46. The lowest BCUT2D eigenvalue weighted by atomic mass is 10.0. The smallest absolute Gasteiger partial charge is 0.307 e. The van der Waals surface area contributed by atoms with Crippen molar-refractivity contribution in [2.45, 2.75) is 65.0 Å². The third-order valence-electron chi connectivity index (χ3n) is 1.53. The second kappa shape index (κ2) is 8.84. The predicted octanol–water partition coefficient (Wildman–Crippen LogP) is 4.42. The van der Waals surface area contributed by atoms with Crippen LogP contribution >= 0.6 is 7.82 Å². The first-order valence-electron chi connectivity index (χ1n) is 6.67. The third-order valence-corrected chi connectivity index (χ3v) is 2.44. The van der Waals surface area contributed by atoms with Crippen molar-refractivity contribution in [3.63, 3.8) is 0 Å². The average Bonchev–Trinajstić information content (AvgIpc) is 2.18. The highest BCUT2D eigenvalue weighted by Gasteiger charge is 2.37. The summed E-state index contributed by atoms with van der Waals surface area (Å²) in [5.74, 6) is 0. The minimum absolute atomic E-state index is 0.234. The van der Waals surface area contributed by atoms with Crippen LogP contribution in [0.25, 0.3) is 0 Å². The molecule has 0 amide bonds. The molecule has 0 aliphatic heterocycles. The summed E-state index contributed by atoms with van der Waals surface area (Å²) in [5.41, 5.74) is 0.469. The van der Waals surface area contributed by atoms with Gasteiger partial charge in [0.25, 0.3) is 0 Å². The summed E-state index contributed by atoms with van der Waals surface area (Å²) in [6.45, 7) is 8.74. The van der Waals surface area contributed by atoms with Gasteiger partial charge in [0.2, 0.25) is 0 Å². The molecule has 0 atom stereocenters. The van der Waals surface area contributed by atoms with Gasteiger partial charge in [-0.25, -0.2) is 4.57 Å². The molecule has 2 N–H and O–H groups in total. The molecule has 0 heterocycles. The Hall–Kier alpha value is -0.350. The van der Waals surface area contributed by atoms with Crippen LogP contribution in [0.4, 0.5) is 26.3 Å². The number of nitrogens with one attached hydrogen (secondary N) is 1. The van der Waals surface area contributed by atoms with E-state index in [4.69, 9.17) is 4.89 Å². The summed E-state index contributed by atoms with van der Waals surface area (Å²) in [6.07, 6.45) is -9.86. The molecular weight excluding hydrogens is 367 g/mol. The topological polar surface area (TPSA) is 67.8 Å². The lowest BCUT2D eigenvalue weighted by Crippen LogP contribution is -2.48. The number of hydrogen-bond acceptors (Lipinski definition) is 4. The quantitative estimate of drug-likeness (QED) is 0.549. The van der Waals surface area contributed by atoms with Crippen molar-refractivity contribution in [3.8, 4) is 0 Å². The molecule has 0 aliphatic carbocycles. The first-order chi connectivity index (χ1) is 10.1. The van der Waals surface area contributed by atoms with Gasteiger partial charge in [-0.15, -0.1) is 0 Å². The highest BCUT2D eigenvalue weighted by atomic mass is 31.2. The van der Waals surface area contributed by atoms with Crippen molar-refractivity contribution in [2.75, 3.05) is 13.2 Å². The summed E-state index contributed by atoms with van der Waals surface area (Å²) in [6, 6.07) is 0. The fourth-order valence-electron chi connectivity index (χ4n) is 1.47. The SMILES string of the molecule is CC(C)(C)NC(C)(C)C.O=P(O)(OCC(F)(F)F)OCC(F)(F)F. The van der Waals surface area contributed by atoms with Crippen molar-refractivity contribution in [1.82, 2.24) is 5.32 Å². The van der Waals surface area contributed by atoms with E-state index < -0.39 is 33.4 Å². The van der Waals surface area contributed by atoms with Gasteiger partial charge in [0.1, 0.15) is 0 Å². The Balaban J connectivity index is 0. The van der Waals surface area contributed by atoms with Crippen molar-refractivity contribution in [2.24, 2.45) is 0 Å². The fourth-order valence-corrected chi connectivity index (χ4v) is 2.17. The zero-order valence-electron chi connectivity index (χ0n) is 14.3. The molecule has 148 valence electrons. The second-order valence-electron chi connectivity index (χ2n) is 6.87. The molecular formula is C12H24F6NO4P. The van der Waals surface area contributed by atoms with Gasteiger partial charge in [-0.05, 0) is 41.5 Å². The van der Waals surface area contributed by atoms with E-state index in [1.807, 2.05) is 0 Å². The van der Waals surface area contributed by atoms with Crippen molar-refractivity contribution in [1.29, 1.82) is 0 Å². The molecule has 0 fully saturated rings. The molecule has 24 heavy (non-hydrogen) atoms. The zero-order chi connectivity index (χ0) is 20.0. The summed E-state index contributed by atoms with van der Waals surface area (Å²) >= 11 is 0. The van der Waals surface area contributed by atoms with Gasteiger partial charge in [0, 0.05) is 11.1 Å². The third kappa shape index (κ3) is 23.9. The summed E-state index contributed by atoms with van der Waals surface area (Å²) < 4.78 is 85.5. The van der Waals surface area contributed by atoms with Gasteiger partial charge < -0.3 is 10.2 Å². The second-order valence-corrected chi connectivity index (χ2v) is 8.32. The van der Waals surface area contributed by atoms with Gasteiger partial charge >= 0.3 is 20.2 Å². The number of phosphoric ester groups is 1. The molecule has 0 saturated heterocycles. The maximum Gasteiger partial charge on any atom is 0.472 e. The minimum Gasteiger partial charge on any atom is -0.307 e. The Bertz CT molecular complexity index is 378. The minimum atomic E-state index is -5.33. The molecule has 0 aliphatic rings. The molecule has 12 heteroatoms. The molecule has 0 aromatic rings. The van der Waals surface area contributed by atoms with Crippen LogP contribution in [-0.4, -0.2) is 41.5 Å². The lowest BCUT2D eigenvalue weighted by molar-refractivity contribution is -0.169. The standard InChI is InChI=1S/C8H19N.C4H5F6O4P/c1-7(2,3)9-8(4,5)6;5-3(6,7)1-13-15(11,12)14-2-4(8,9)10/h9H,1-6H3;1-2H2,(H,11,12). The summed E-state index contributed by atoms with van der Waals surface area (Å²) in [7, 11) is -5.33. The largest absolute Gasteiger partial charge is 0.472 e. The molecule has 0 aromatic heterocycles. The molecule has 0 saturated carbocycles. The van der Waals surface area contributed by atoms with E-state index in [2.05, 4.69) is 55.9 Å². The van der Waals surface area contributed by atoms with Crippen LogP contribution in [0, 0.1) is 0 Å². The number of halogens is 6. The average molecular weight is 391 g/mol. The van der Waals surface area contributed by atoms with E-state index >= 15 is 0 Å².